The Labute approximate surface area is 163 Å². The Morgan fingerprint density at radius 2 is 1.75 bits per heavy atom. The van der Waals surface area contributed by atoms with Crippen molar-refractivity contribution < 1.29 is 9.53 Å². The second-order valence-electron chi connectivity index (χ2n) is 6.50. The maximum atomic E-state index is 12.3. The van der Waals surface area contributed by atoms with E-state index in [1.807, 2.05) is 89.6 Å². The molecule has 0 radical (unpaired) electrons. The van der Waals surface area contributed by atoms with Crippen molar-refractivity contribution in [3.05, 3.63) is 102 Å². The Kier molecular flexibility index (Phi) is 5.33. The van der Waals surface area contributed by atoms with Gasteiger partial charge in [0.1, 0.15) is 18.0 Å². The van der Waals surface area contributed by atoms with Crippen molar-refractivity contribution >= 4 is 11.6 Å². The van der Waals surface area contributed by atoms with Crippen LogP contribution in [0.2, 0.25) is 0 Å². The molecule has 0 bridgehead atoms. The van der Waals surface area contributed by atoms with Gasteiger partial charge in [-0.25, -0.2) is 4.98 Å². The third kappa shape index (κ3) is 4.38. The zero-order valence-corrected chi connectivity index (χ0v) is 15.4. The fourth-order valence-corrected chi connectivity index (χ4v) is 2.95. The number of hydrogen-bond donors (Lipinski definition) is 1. The first-order valence-corrected chi connectivity index (χ1v) is 9.25. The van der Waals surface area contributed by atoms with E-state index in [0.717, 1.165) is 22.7 Å². The van der Waals surface area contributed by atoms with Crippen molar-refractivity contribution in [1.29, 1.82) is 0 Å². The summed E-state index contributed by atoms with van der Waals surface area (Å²) in [6.45, 7) is 1.02. The summed E-state index contributed by atoms with van der Waals surface area (Å²) in [5, 5.41) is 2.95. The van der Waals surface area contributed by atoms with E-state index in [1.165, 1.54) is 0 Å². The number of carbonyl (C=O) groups excluding carboxylic acids is 1. The molecular weight excluding hydrogens is 350 g/mol. The molecule has 2 aromatic carbocycles. The second-order valence-corrected chi connectivity index (χ2v) is 6.50. The van der Waals surface area contributed by atoms with Crippen molar-refractivity contribution in [3.8, 4) is 5.75 Å². The maximum absolute atomic E-state index is 12.3. The summed E-state index contributed by atoms with van der Waals surface area (Å²) in [7, 11) is 0. The van der Waals surface area contributed by atoms with Crippen LogP contribution in [-0.2, 0) is 13.0 Å². The van der Waals surface area contributed by atoms with Gasteiger partial charge in [0.15, 0.2) is 0 Å². The molecule has 140 valence electrons. The molecule has 0 saturated carbocycles. The minimum absolute atomic E-state index is 0.0840. The number of aromatic nitrogens is 2. The van der Waals surface area contributed by atoms with Crippen LogP contribution >= 0.6 is 0 Å². The number of amides is 1. The summed E-state index contributed by atoms with van der Waals surface area (Å²) < 4.78 is 7.70. The molecule has 5 heteroatoms. The lowest BCUT2D eigenvalue weighted by molar-refractivity contribution is 0.0954. The number of hydrogen-bond acceptors (Lipinski definition) is 3. The molecule has 1 N–H and O–H groups in total. The number of nitrogens with zero attached hydrogens (tertiary/aromatic N) is 2. The Morgan fingerprint density at radius 3 is 2.54 bits per heavy atom. The van der Waals surface area contributed by atoms with Gasteiger partial charge in [-0.05, 0) is 42.0 Å². The molecule has 0 aliphatic rings. The van der Waals surface area contributed by atoms with E-state index in [0.29, 0.717) is 25.1 Å². The van der Waals surface area contributed by atoms with E-state index in [4.69, 9.17) is 4.74 Å². The highest BCUT2D eigenvalue weighted by Gasteiger charge is 2.06. The van der Waals surface area contributed by atoms with Crippen LogP contribution < -0.4 is 10.1 Å². The number of pyridine rings is 1. The molecule has 28 heavy (non-hydrogen) atoms. The quantitative estimate of drug-likeness (QED) is 0.536. The molecule has 0 aliphatic heterocycles. The zero-order chi connectivity index (χ0) is 19.2. The van der Waals surface area contributed by atoms with Crippen LogP contribution in [0.5, 0.6) is 5.75 Å². The van der Waals surface area contributed by atoms with Gasteiger partial charge >= 0.3 is 0 Å². The average molecular weight is 371 g/mol. The molecule has 2 heterocycles. The van der Waals surface area contributed by atoms with Gasteiger partial charge in [-0.2, -0.15) is 0 Å². The zero-order valence-electron chi connectivity index (χ0n) is 15.4. The minimum Gasteiger partial charge on any atom is -0.489 e. The van der Waals surface area contributed by atoms with Gasteiger partial charge in [0.25, 0.3) is 5.91 Å². The van der Waals surface area contributed by atoms with Crippen LogP contribution in [0.25, 0.3) is 5.65 Å². The van der Waals surface area contributed by atoms with Gasteiger partial charge in [0, 0.05) is 30.9 Å². The number of ether oxygens (including phenoxy) is 1. The average Bonchev–Trinajstić information content (AvgIpc) is 3.16. The fourth-order valence-electron chi connectivity index (χ4n) is 2.95. The number of benzene rings is 2. The first-order chi connectivity index (χ1) is 13.8. The van der Waals surface area contributed by atoms with Gasteiger partial charge in [-0.3, -0.25) is 4.79 Å². The molecule has 4 aromatic rings. The SMILES string of the molecule is O=C(NCCc1cn2ccccc2n1)c1ccc(COc2ccccc2)cc1. The van der Waals surface area contributed by atoms with E-state index in [9.17, 15) is 4.79 Å². The number of nitrogens with one attached hydrogen (secondary N) is 1. The normalized spacial score (nSPS) is 10.7. The van der Waals surface area contributed by atoms with E-state index >= 15 is 0 Å². The maximum Gasteiger partial charge on any atom is 0.251 e. The fraction of sp³-hybridized carbons (Fsp3) is 0.130. The molecule has 0 spiro atoms. The highest BCUT2D eigenvalue weighted by Crippen LogP contribution is 2.12. The molecule has 0 saturated heterocycles. The van der Waals surface area contributed by atoms with Gasteiger partial charge < -0.3 is 14.5 Å². The van der Waals surface area contributed by atoms with Gasteiger partial charge in [0.2, 0.25) is 0 Å². The lowest BCUT2D eigenvalue weighted by Crippen LogP contribution is -2.25. The summed E-state index contributed by atoms with van der Waals surface area (Å²) in [5.41, 5.74) is 3.53. The van der Waals surface area contributed by atoms with Gasteiger partial charge in [-0.15, -0.1) is 0 Å². The Morgan fingerprint density at radius 1 is 0.964 bits per heavy atom. The molecule has 0 atom stereocenters. The minimum atomic E-state index is -0.0840. The Bertz CT molecular complexity index is 1020. The van der Waals surface area contributed by atoms with E-state index in [1.54, 1.807) is 0 Å². The van der Waals surface area contributed by atoms with Crippen molar-refractivity contribution in [2.75, 3.05) is 6.54 Å². The number of carbonyl (C=O) groups is 1. The largest absolute Gasteiger partial charge is 0.489 e. The van der Waals surface area contributed by atoms with Crippen LogP contribution in [0.4, 0.5) is 0 Å². The summed E-state index contributed by atoms with van der Waals surface area (Å²) in [4.78, 5) is 16.9. The summed E-state index contributed by atoms with van der Waals surface area (Å²) in [6.07, 6.45) is 4.65. The lowest BCUT2D eigenvalue weighted by Gasteiger charge is -2.07. The van der Waals surface area contributed by atoms with E-state index < -0.39 is 0 Å². The van der Waals surface area contributed by atoms with Crippen LogP contribution in [0.15, 0.2) is 85.2 Å². The summed E-state index contributed by atoms with van der Waals surface area (Å²) in [6, 6.07) is 23.0. The van der Waals surface area contributed by atoms with Crippen LogP contribution in [-0.4, -0.2) is 21.8 Å². The van der Waals surface area contributed by atoms with Crippen LogP contribution in [0.3, 0.4) is 0 Å². The molecule has 2 aromatic heterocycles. The predicted molar refractivity (Wildman–Crippen MR) is 108 cm³/mol. The summed E-state index contributed by atoms with van der Waals surface area (Å²) >= 11 is 0. The van der Waals surface area contributed by atoms with Gasteiger partial charge in [0.05, 0.1) is 5.69 Å². The van der Waals surface area contributed by atoms with Crippen molar-refractivity contribution in [2.45, 2.75) is 13.0 Å². The second kappa shape index (κ2) is 8.39. The molecule has 5 nitrogen and oxygen atoms in total. The highest BCUT2D eigenvalue weighted by molar-refractivity contribution is 5.94. The van der Waals surface area contributed by atoms with E-state index in [2.05, 4.69) is 10.3 Å². The topological polar surface area (TPSA) is 55.6 Å². The predicted octanol–water partition coefficient (Wildman–Crippen LogP) is 3.89. The van der Waals surface area contributed by atoms with Gasteiger partial charge in [-0.1, -0.05) is 36.4 Å². The molecule has 0 unspecified atom stereocenters. The lowest BCUT2D eigenvalue weighted by atomic mass is 10.1. The third-order valence-electron chi connectivity index (χ3n) is 4.45. The number of fused-ring (bicyclic) bond motifs is 1. The molecule has 0 fully saturated rings. The standard InChI is InChI=1S/C23H21N3O2/c27-23(24-14-13-20-16-26-15-5-4-8-22(26)25-20)19-11-9-18(10-12-19)17-28-21-6-2-1-3-7-21/h1-12,15-16H,13-14,17H2,(H,24,27). The molecular formula is C23H21N3O2. The number of rotatable bonds is 7. The first kappa shape index (κ1) is 17.8. The molecule has 1 amide bonds. The summed E-state index contributed by atoms with van der Waals surface area (Å²) in [5.74, 6) is 0.746. The van der Waals surface area contributed by atoms with E-state index in [-0.39, 0.29) is 5.91 Å². The number of imidazole rings is 1. The van der Waals surface area contributed by atoms with Crippen LogP contribution in [0, 0.1) is 0 Å². The highest BCUT2D eigenvalue weighted by atomic mass is 16.5. The van der Waals surface area contributed by atoms with Crippen molar-refractivity contribution in [3.63, 3.8) is 0 Å². The molecule has 4 rings (SSSR count). The Hall–Kier alpha value is -3.60. The van der Waals surface area contributed by atoms with Crippen LogP contribution in [0.1, 0.15) is 21.6 Å². The monoisotopic (exact) mass is 371 g/mol. The first-order valence-electron chi connectivity index (χ1n) is 9.25. The van der Waals surface area contributed by atoms with Crippen molar-refractivity contribution in [1.82, 2.24) is 14.7 Å². The third-order valence-corrected chi connectivity index (χ3v) is 4.45. The Balaban J connectivity index is 1.27. The molecule has 0 aliphatic carbocycles. The van der Waals surface area contributed by atoms with Crippen molar-refractivity contribution in [2.24, 2.45) is 0 Å². The smallest absolute Gasteiger partial charge is 0.251 e. The number of para-hydroxylation sites is 1.